The first-order chi connectivity index (χ1) is 5.23. The standard InChI is InChI=1S/C9H16F2O/c1-5-9(10,11)8(4,12)6-7(2)3/h5,7,12H,1,6H2,2-4H3. The Bertz CT molecular complexity index is 162. The minimum atomic E-state index is -3.21. The number of rotatable bonds is 4. The molecule has 0 aromatic rings. The van der Waals surface area contributed by atoms with E-state index in [1.165, 1.54) is 0 Å². The van der Waals surface area contributed by atoms with E-state index in [1.807, 2.05) is 0 Å². The molecule has 0 spiro atoms. The summed E-state index contributed by atoms with van der Waals surface area (Å²) >= 11 is 0. The van der Waals surface area contributed by atoms with Crippen molar-refractivity contribution in [3.05, 3.63) is 12.7 Å². The van der Waals surface area contributed by atoms with Crippen LogP contribution in [0.1, 0.15) is 27.2 Å². The lowest BCUT2D eigenvalue weighted by Gasteiger charge is -2.31. The van der Waals surface area contributed by atoms with Gasteiger partial charge in [-0.1, -0.05) is 20.4 Å². The predicted molar refractivity (Wildman–Crippen MR) is 45.2 cm³/mol. The number of hydrogen-bond donors (Lipinski definition) is 1. The molecule has 12 heavy (non-hydrogen) atoms. The molecule has 0 aliphatic carbocycles. The third kappa shape index (κ3) is 2.55. The first kappa shape index (κ1) is 11.6. The van der Waals surface area contributed by atoms with Gasteiger partial charge >= 0.3 is 0 Å². The Morgan fingerprint density at radius 2 is 1.92 bits per heavy atom. The molecule has 0 fully saturated rings. The molecule has 1 N–H and O–H groups in total. The van der Waals surface area contributed by atoms with Gasteiger partial charge in [0.2, 0.25) is 0 Å². The second kappa shape index (κ2) is 3.52. The average Bonchev–Trinajstić information content (AvgIpc) is 1.84. The van der Waals surface area contributed by atoms with Crippen molar-refractivity contribution in [2.75, 3.05) is 0 Å². The lowest BCUT2D eigenvalue weighted by molar-refractivity contribution is -0.147. The molecule has 0 aromatic heterocycles. The van der Waals surface area contributed by atoms with Crippen LogP contribution >= 0.6 is 0 Å². The van der Waals surface area contributed by atoms with Gasteiger partial charge in [-0.3, -0.25) is 0 Å². The van der Waals surface area contributed by atoms with Crippen LogP contribution in [0.4, 0.5) is 8.78 Å². The molecule has 1 nitrogen and oxygen atoms in total. The summed E-state index contributed by atoms with van der Waals surface area (Å²) in [5.41, 5.74) is -1.98. The molecule has 0 amide bonds. The fourth-order valence-electron chi connectivity index (χ4n) is 1.15. The third-order valence-corrected chi connectivity index (χ3v) is 1.78. The largest absolute Gasteiger partial charge is 0.384 e. The van der Waals surface area contributed by atoms with Gasteiger partial charge in [0, 0.05) is 0 Å². The molecule has 0 aromatic carbocycles. The van der Waals surface area contributed by atoms with Crippen molar-refractivity contribution in [1.29, 1.82) is 0 Å². The van der Waals surface area contributed by atoms with E-state index in [0.717, 1.165) is 6.92 Å². The van der Waals surface area contributed by atoms with Gasteiger partial charge in [0.1, 0.15) is 5.60 Å². The molecule has 0 rings (SSSR count). The number of hydrogen-bond acceptors (Lipinski definition) is 1. The Labute approximate surface area is 72.1 Å². The van der Waals surface area contributed by atoms with Crippen molar-refractivity contribution >= 4 is 0 Å². The molecule has 1 atom stereocenters. The Hall–Kier alpha value is -0.440. The zero-order valence-corrected chi connectivity index (χ0v) is 7.77. The van der Waals surface area contributed by atoms with Crippen LogP contribution in [-0.4, -0.2) is 16.6 Å². The summed E-state index contributed by atoms with van der Waals surface area (Å²) < 4.78 is 25.8. The molecule has 0 saturated heterocycles. The summed E-state index contributed by atoms with van der Waals surface area (Å²) in [4.78, 5) is 0. The summed E-state index contributed by atoms with van der Waals surface area (Å²) in [5, 5.41) is 9.39. The SMILES string of the molecule is C=CC(F)(F)C(C)(O)CC(C)C. The normalized spacial score (nSPS) is 17.6. The minimum absolute atomic E-state index is 0.0332. The molecular formula is C9H16F2O. The van der Waals surface area contributed by atoms with Crippen LogP contribution in [0.25, 0.3) is 0 Å². The third-order valence-electron chi connectivity index (χ3n) is 1.78. The lowest BCUT2D eigenvalue weighted by Crippen LogP contribution is -2.44. The van der Waals surface area contributed by atoms with Gasteiger partial charge in [-0.2, -0.15) is 8.78 Å². The van der Waals surface area contributed by atoms with Crippen molar-refractivity contribution in [3.63, 3.8) is 0 Å². The molecule has 0 saturated carbocycles. The maximum atomic E-state index is 12.9. The van der Waals surface area contributed by atoms with E-state index in [4.69, 9.17) is 0 Å². The Kier molecular flexibility index (Phi) is 3.39. The highest BCUT2D eigenvalue weighted by atomic mass is 19.3. The first-order valence-corrected chi connectivity index (χ1v) is 3.96. The number of aliphatic hydroxyl groups is 1. The second-order valence-corrected chi connectivity index (χ2v) is 3.70. The molecule has 1 unspecified atom stereocenters. The molecule has 0 bridgehead atoms. The van der Waals surface area contributed by atoms with Crippen molar-refractivity contribution < 1.29 is 13.9 Å². The Morgan fingerprint density at radius 1 is 1.50 bits per heavy atom. The van der Waals surface area contributed by atoms with Crippen LogP contribution in [0, 0.1) is 5.92 Å². The highest BCUT2D eigenvalue weighted by Gasteiger charge is 2.46. The molecule has 3 heteroatoms. The van der Waals surface area contributed by atoms with Crippen LogP contribution < -0.4 is 0 Å². The van der Waals surface area contributed by atoms with Crippen molar-refractivity contribution in [1.82, 2.24) is 0 Å². The number of alkyl halides is 2. The quantitative estimate of drug-likeness (QED) is 0.656. The van der Waals surface area contributed by atoms with Gasteiger partial charge in [-0.25, -0.2) is 0 Å². The fraction of sp³-hybridized carbons (Fsp3) is 0.778. The van der Waals surface area contributed by atoms with E-state index in [1.54, 1.807) is 13.8 Å². The van der Waals surface area contributed by atoms with Crippen molar-refractivity contribution in [2.45, 2.75) is 38.7 Å². The summed E-state index contributed by atoms with van der Waals surface area (Å²) in [6, 6.07) is 0. The van der Waals surface area contributed by atoms with E-state index in [0.29, 0.717) is 6.08 Å². The maximum Gasteiger partial charge on any atom is 0.293 e. The van der Waals surface area contributed by atoms with Crippen LogP contribution in [0.5, 0.6) is 0 Å². The Balaban J connectivity index is 4.48. The van der Waals surface area contributed by atoms with Crippen molar-refractivity contribution in [2.24, 2.45) is 5.92 Å². The highest BCUT2D eigenvalue weighted by molar-refractivity contribution is 5.01. The molecule has 72 valence electrons. The molecule has 0 radical (unpaired) electrons. The van der Waals surface area contributed by atoms with Gasteiger partial charge in [0.15, 0.2) is 0 Å². The molecule has 0 heterocycles. The van der Waals surface area contributed by atoms with E-state index < -0.39 is 11.5 Å². The van der Waals surface area contributed by atoms with Crippen LogP contribution in [-0.2, 0) is 0 Å². The second-order valence-electron chi connectivity index (χ2n) is 3.70. The van der Waals surface area contributed by atoms with Gasteiger partial charge in [0.25, 0.3) is 5.92 Å². The lowest BCUT2D eigenvalue weighted by atomic mass is 9.88. The van der Waals surface area contributed by atoms with E-state index in [2.05, 4.69) is 6.58 Å². The van der Waals surface area contributed by atoms with Gasteiger partial charge in [-0.05, 0) is 25.3 Å². The smallest absolute Gasteiger partial charge is 0.293 e. The average molecular weight is 178 g/mol. The van der Waals surface area contributed by atoms with Gasteiger partial charge in [0.05, 0.1) is 0 Å². The molecule has 0 aliphatic heterocycles. The summed E-state index contributed by atoms with van der Waals surface area (Å²) in [6.07, 6.45) is 0.557. The first-order valence-electron chi connectivity index (χ1n) is 3.96. The van der Waals surface area contributed by atoms with Crippen LogP contribution in [0.3, 0.4) is 0 Å². The fourth-order valence-corrected chi connectivity index (χ4v) is 1.15. The summed E-state index contributed by atoms with van der Waals surface area (Å²) in [5.74, 6) is -3.18. The van der Waals surface area contributed by atoms with Gasteiger partial charge < -0.3 is 5.11 Å². The molecular weight excluding hydrogens is 162 g/mol. The minimum Gasteiger partial charge on any atom is -0.384 e. The zero-order valence-electron chi connectivity index (χ0n) is 7.77. The topological polar surface area (TPSA) is 20.2 Å². The summed E-state index contributed by atoms with van der Waals surface area (Å²) in [6.45, 7) is 7.70. The Morgan fingerprint density at radius 3 is 2.17 bits per heavy atom. The predicted octanol–water partition coefficient (Wildman–Crippen LogP) is 2.60. The molecule has 0 aliphatic rings. The number of halogens is 2. The zero-order chi connectivity index (χ0) is 9.99. The van der Waals surface area contributed by atoms with E-state index in [-0.39, 0.29) is 12.3 Å². The van der Waals surface area contributed by atoms with Crippen molar-refractivity contribution in [3.8, 4) is 0 Å². The van der Waals surface area contributed by atoms with Gasteiger partial charge in [-0.15, -0.1) is 0 Å². The maximum absolute atomic E-state index is 12.9. The monoisotopic (exact) mass is 178 g/mol. The van der Waals surface area contributed by atoms with Crippen LogP contribution in [0.2, 0.25) is 0 Å². The van der Waals surface area contributed by atoms with E-state index >= 15 is 0 Å². The highest BCUT2D eigenvalue weighted by Crippen LogP contribution is 2.34. The van der Waals surface area contributed by atoms with E-state index in [9.17, 15) is 13.9 Å². The van der Waals surface area contributed by atoms with Crippen LogP contribution in [0.15, 0.2) is 12.7 Å². The summed E-state index contributed by atoms with van der Waals surface area (Å²) in [7, 11) is 0.